The Morgan fingerprint density at radius 2 is 2.38 bits per heavy atom. The van der Waals surface area contributed by atoms with Crippen molar-refractivity contribution in [1.82, 2.24) is 15.6 Å². The number of hydrogen-bond acceptors (Lipinski definition) is 5. The van der Waals surface area contributed by atoms with E-state index in [0.29, 0.717) is 0 Å². The molecule has 2 rings (SSSR count). The summed E-state index contributed by atoms with van der Waals surface area (Å²) in [4.78, 5) is 9.18. The van der Waals surface area contributed by atoms with E-state index in [9.17, 15) is 0 Å². The van der Waals surface area contributed by atoms with E-state index in [1.54, 1.807) is 11.3 Å². The number of aryl methyl sites for hydroxylation is 1. The number of ether oxygens (including phenoxy) is 2. The van der Waals surface area contributed by atoms with Gasteiger partial charge in [0.25, 0.3) is 0 Å². The molecule has 7 heteroatoms. The fourth-order valence-electron chi connectivity index (χ4n) is 2.43. The Labute approximate surface area is 149 Å². The first-order chi connectivity index (χ1) is 11.8. The van der Waals surface area contributed by atoms with Crippen LogP contribution in [0.5, 0.6) is 0 Å². The number of rotatable bonds is 10. The van der Waals surface area contributed by atoms with Gasteiger partial charge in [-0.15, -0.1) is 11.3 Å². The zero-order chi connectivity index (χ0) is 17.0. The van der Waals surface area contributed by atoms with E-state index < -0.39 is 0 Å². The van der Waals surface area contributed by atoms with Gasteiger partial charge >= 0.3 is 0 Å². The van der Waals surface area contributed by atoms with Gasteiger partial charge in [0, 0.05) is 44.6 Å². The van der Waals surface area contributed by atoms with E-state index in [-0.39, 0.29) is 6.10 Å². The summed E-state index contributed by atoms with van der Waals surface area (Å²) in [6.45, 7) is 9.00. The molecule has 6 nitrogen and oxygen atoms in total. The second kappa shape index (κ2) is 11.4. The van der Waals surface area contributed by atoms with Crippen LogP contribution in [0.1, 0.15) is 37.4 Å². The van der Waals surface area contributed by atoms with Crippen LogP contribution in [-0.2, 0) is 22.3 Å². The lowest BCUT2D eigenvalue weighted by molar-refractivity contribution is 0.0424. The van der Waals surface area contributed by atoms with Crippen molar-refractivity contribution in [2.45, 2.75) is 45.6 Å². The van der Waals surface area contributed by atoms with E-state index >= 15 is 0 Å². The Kier molecular flexibility index (Phi) is 9.09. The first-order valence-electron chi connectivity index (χ1n) is 8.96. The van der Waals surface area contributed by atoms with Gasteiger partial charge in [-0.25, -0.2) is 4.98 Å². The average Bonchev–Trinajstić information content (AvgIpc) is 3.26. The van der Waals surface area contributed by atoms with Gasteiger partial charge in [-0.3, -0.25) is 4.99 Å². The van der Waals surface area contributed by atoms with Crippen LogP contribution in [0.3, 0.4) is 0 Å². The topological polar surface area (TPSA) is 67.8 Å². The minimum atomic E-state index is 0.284. The maximum Gasteiger partial charge on any atom is 0.191 e. The standard InChI is InChI=1S/C17H30N4O2S/c1-3-16-21-14(13-24-16)6-9-20-17(18-4-2)19-8-5-10-23-15-7-11-22-12-15/h13,15H,3-12H2,1-2H3,(H2,18,19,20). The van der Waals surface area contributed by atoms with E-state index in [1.807, 2.05) is 0 Å². The average molecular weight is 355 g/mol. The van der Waals surface area contributed by atoms with Crippen LogP contribution in [0.4, 0.5) is 0 Å². The smallest absolute Gasteiger partial charge is 0.191 e. The highest BCUT2D eigenvalue weighted by atomic mass is 32.1. The third-order valence-electron chi connectivity index (χ3n) is 3.73. The van der Waals surface area contributed by atoms with E-state index in [0.717, 1.165) is 76.8 Å². The molecular weight excluding hydrogens is 324 g/mol. The van der Waals surface area contributed by atoms with E-state index in [4.69, 9.17) is 9.47 Å². The molecule has 0 aromatic carbocycles. The Hall–Kier alpha value is -1.18. The summed E-state index contributed by atoms with van der Waals surface area (Å²) in [5, 5.41) is 10.0. The fraction of sp³-hybridized carbons (Fsp3) is 0.765. The number of hydrogen-bond donors (Lipinski definition) is 2. The van der Waals surface area contributed by atoms with Crippen LogP contribution >= 0.6 is 11.3 Å². The minimum absolute atomic E-state index is 0.284. The van der Waals surface area contributed by atoms with Gasteiger partial charge in [0.05, 0.1) is 23.4 Å². The molecule has 0 spiro atoms. The lowest BCUT2D eigenvalue weighted by Crippen LogP contribution is -2.38. The fourth-order valence-corrected chi connectivity index (χ4v) is 3.21. The Balaban J connectivity index is 1.62. The molecule has 1 aliphatic heterocycles. The van der Waals surface area contributed by atoms with Gasteiger partial charge in [0.1, 0.15) is 0 Å². The summed E-state index contributed by atoms with van der Waals surface area (Å²) in [7, 11) is 0. The SMILES string of the molecule is CCNC(=NCCCOC1CCOC1)NCCc1csc(CC)n1. The van der Waals surface area contributed by atoms with Crippen molar-refractivity contribution in [2.75, 3.05) is 39.5 Å². The van der Waals surface area contributed by atoms with Gasteiger partial charge in [-0.2, -0.15) is 0 Å². The van der Waals surface area contributed by atoms with Crippen molar-refractivity contribution >= 4 is 17.3 Å². The highest BCUT2D eigenvalue weighted by Gasteiger charge is 2.15. The van der Waals surface area contributed by atoms with Crippen LogP contribution in [0.25, 0.3) is 0 Å². The molecule has 0 radical (unpaired) electrons. The van der Waals surface area contributed by atoms with Gasteiger partial charge in [0.15, 0.2) is 5.96 Å². The zero-order valence-electron chi connectivity index (χ0n) is 14.8. The maximum atomic E-state index is 5.75. The Morgan fingerprint density at radius 1 is 1.46 bits per heavy atom. The molecule has 0 amide bonds. The first kappa shape index (κ1) is 19.1. The molecule has 0 aliphatic carbocycles. The van der Waals surface area contributed by atoms with Crippen LogP contribution in [0.15, 0.2) is 10.4 Å². The lowest BCUT2D eigenvalue weighted by Gasteiger charge is -2.11. The van der Waals surface area contributed by atoms with Crippen molar-refractivity contribution < 1.29 is 9.47 Å². The predicted octanol–water partition coefficient (Wildman–Crippen LogP) is 2.00. The molecule has 2 N–H and O–H groups in total. The molecule has 0 saturated carbocycles. The van der Waals surface area contributed by atoms with Gasteiger partial charge in [-0.05, 0) is 26.2 Å². The maximum absolute atomic E-state index is 5.75. The van der Waals surface area contributed by atoms with Crippen LogP contribution < -0.4 is 10.6 Å². The van der Waals surface area contributed by atoms with Crippen LogP contribution in [0.2, 0.25) is 0 Å². The van der Waals surface area contributed by atoms with E-state index in [2.05, 4.69) is 39.8 Å². The molecule has 1 aliphatic rings. The second-order valence-electron chi connectivity index (χ2n) is 5.73. The molecule has 136 valence electrons. The Bertz CT molecular complexity index is 487. The van der Waals surface area contributed by atoms with Crippen molar-refractivity contribution in [3.63, 3.8) is 0 Å². The largest absolute Gasteiger partial charge is 0.379 e. The van der Waals surface area contributed by atoms with Gasteiger partial charge in [-0.1, -0.05) is 6.92 Å². The molecule has 2 heterocycles. The van der Waals surface area contributed by atoms with Crippen molar-refractivity contribution in [2.24, 2.45) is 4.99 Å². The molecule has 1 saturated heterocycles. The molecule has 0 bridgehead atoms. The molecule has 1 unspecified atom stereocenters. The summed E-state index contributed by atoms with van der Waals surface area (Å²) >= 11 is 1.74. The minimum Gasteiger partial charge on any atom is -0.379 e. The third kappa shape index (κ3) is 7.15. The predicted molar refractivity (Wildman–Crippen MR) is 99.0 cm³/mol. The third-order valence-corrected chi connectivity index (χ3v) is 4.78. The number of nitrogens with one attached hydrogen (secondary N) is 2. The second-order valence-corrected chi connectivity index (χ2v) is 6.68. The first-order valence-corrected chi connectivity index (χ1v) is 9.84. The highest BCUT2D eigenvalue weighted by Crippen LogP contribution is 2.10. The van der Waals surface area contributed by atoms with Crippen molar-refractivity contribution in [1.29, 1.82) is 0 Å². The van der Waals surface area contributed by atoms with Crippen molar-refractivity contribution in [3.05, 3.63) is 16.1 Å². The summed E-state index contributed by atoms with van der Waals surface area (Å²) < 4.78 is 11.1. The zero-order valence-corrected chi connectivity index (χ0v) is 15.7. The normalized spacial score (nSPS) is 18.1. The molecule has 1 aromatic heterocycles. The molecule has 1 aromatic rings. The molecular formula is C17H30N4O2S. The van der Waals surface area contributed by atoms with Gasteiger partial charge < -0.3 is 20.1 Å². The number of aliphatic imine (C=N–C) groups is 1. The molecule has 1 fully saturated rings. The van der Waals surface area contributed by atoms with E-state index in [1.165, 1.54) is 5.01 Å². The summed E-state index contributed by atoms with van der Waals surface area (Å²) in [5.74, 6) is 0.868. The molecule has 24 heavy (non-hydrogen) atoms. The number of nitrogens with zero attached hydrogens (tertiary/aromatic N) is 2. The number of aromatic nitrogens is 1. The monoisotopic (exact) mass is 354 g/mol. The Morgan fingerprint density at radius 3 is 3.08 bits per heavy atom. The number of thiazole rings is 1. The molecule has 1 atom stereocenters. The highest BCUT2D eigenvalue weighted by molar-refractivity contribution is 7.09. The lowest BCUT2D eigenvalue weighted by atomic mass is 10.3. The van der Waals surface area contributed by atoms with Crippen LogP contribution in [0, 0.1) is 0 Å². The summed E-state index contributed by atoms with van der Waals surface area (Å²) in [5.41, 5.74) is 1.16. The summed E-state index contributed by atoms with van der Waals surface area (Å²) in [6, 6.07) is 0. The van der Waals surface area contributed by atoms with Crippen molar-refractivity contribution in [3.8, 4) is 0 Å². The summed E-state index contributed by atoms with van der Waals surface area (Å²) in [6.07, 6.45) is 4.16. The van der Waals surface area contributed by atoms with Crippen LogP contribution in [-0.4, -0.2) is 56.5 Å². The quantitative estimate of drug-likeness (QED) is 0.382. The number of guanidine groups is 1. The van der Waals surface area contributed by atoms with Gasteiger partial charge in [0.2, 0.25) is 0 Å².